The van der Waals surface area contributed by atoms with Crippen molar-refractivity contribution in [3.8, 4) is 22.9 Å². The number of anilines is 2. The third-order valence-corrected chi connectivity index (χ3v) is 5.46. The monoisotopic (exact) mass is 412 g/mol. The molecular formula is C24H24N6O. The van der Waals surface area contributed by atoms with Gasteiger partial charge in [0.05, 0.1) is 11.3 Å². The van der Waals surface area contributed by atoms with E-state index >= 15 is 0 Å². The van der Waals surface area contributed by atoms with Crippen molar-refractivity contribution in [2.75, 3.05) is 24.1 Å². The van der Waals surface area contributed by atoms with Gasteiger partial charge in [0.15, 0.2) is 0 Å². The van der Waals surface area contributed by atoms with Gasteiger partial charge in [-0.1, -0.05) is 24.3 Å². The van der Waals surface area contributed by atoms with Gasteiger partial charge in [0.2, 0.25) is 11.8 Å². The van der Waals surface area contributed by atoms with E-state index in [2.05, 4.69) is 20.6 Å². The number of nitrogens with zero attached hydrogens (tertiary/aromatic N) is 3. The van der Waals surface area contributed by atoms with Crippen molar-refractivity contribution < 1.29 is 4.74 Å². The molecule has 0 unspecified atom stereocenters. The Balaban J connectivity index is 1.47. The van der Waals surface area contributed by atoms with Crippen LogP contribution in [0.1, 0.15) is 12.8 Å². The fraction of sp³-hybridized carbons (Fsp3) is 0.208. The first-order valence-corrected chi connectivity index (χ1v) is 10.5. The van der Waals surface area contributed by atoms with Crippen molar-refractivity contribution in [2.24, 2.45) is 0 Å². The van der Waals surface area contributed by atoms with E-state index in [-0.39, 0.29) is 0 Å². The number of aromatic nitrogens is 3. The van der Waals surface area contributed by atoms with Gasteiger partial charge in [-0.25, -0.2) is 15.0 Å². The average Bonchev–Trinajstić information content (AvgIpc) is 2.82. The first kappa shape index (κ1) is 19.3. The zero-order chi connectivity index (χ0) is 21.0. The number of nitrogens with one attached hydrogen (secondary N) is 2. The molecule has 4 N–H and O–H groups in total. The largest absolute Gasteiger partial charge is 0.438 e. The highest BCUT2D eigenvalue weighted by atomic mass is 16.5. The zero-order valence-electron chi connectivity index (χ0n) is 17.1. The molecule has 2 aromatic carbocycles. The lowest BCUT2D eigenvalue weighted by Gasteiger charge is -2.23. The summed E-state index contributed by atoms with van der Waals surface area (Å²) in [6, 6.07) is 17.7. The zero-order valence-corrected chi connectivity index (χ0v) is 17.1. The van der Waals surface area contributed by atoms with Crippen molar-refractivity contribution >= 4 is 22.4 Å². The molecular weight excluding hydrogens is 388 g/mol. The molecule has 1 saturated heterocycles. The van der Waals surface area contributed by atoms with Crippen molar-refractivity contribution in [2.45, 2.75) is 18.9 Å². The molecule has 0 spiro atoms. The van der Waals surface area contributed by atoms with Gasteiger partial charge in [-0.05, 0) is 49.7 Å². The lowest BCUT2D eigenvalue weighted by Crippen LogP contribution is -2.38. The van der Waals surface area contributed by atoms with Gasteiger partial charge in [0, 0.05) is 41.4 Å². The van der Waals surface area contributed by atoms with Crippen molar-refractivity contribution in [3.05, 3.63) is 67.0 Å². The highest BCUT2D eigenvalue weighted by Crippen LogP contribution is 2.36. The summed E-state index contributed by atoms with van der Waals surface area (Å²) in [5.74, 6) is 1.80. The number of fused-ring (bicyclic) bond motifs is 1. The van der Waals surface area contributed by atoms with E-state index in [1.54, 1.807) is 12.4 Å². The standard InChI is InChI=1S/C24H24N6O/c25-20-9-10-22(18-7-2-1-6-17(18)20)31-23-19(8-4-13-27-23)21-11-14-28-24(30-21)29-16-5-3-12-26-15-16/h1-2,4,6-11,13-14,16,26H,3,5,12,15,25H2,(H,28,29,30)/t16-/m0/s1. The second-order valence-electron chi connectivity index (χ2n) is 7.61. The molecule has 0 bridgehead atoms. The van der Waals surface area contributed by atoms with E-state index in [0.29, 0.717) is 29.3 Å². The number of benzene rings is 2. The SMILES string of the molecule is Nc1ccc(Oc2ncccc2-c2ccnc(N[C@H]3CCCNC3)n2)c2ccccc12. The van der Waals surface area contributed by atoms with Crippen LogP contribution in [-0.2, 0) is 0 Å². The molecule has 3 heterocycles. The van der Waals surface area contributed by atoms with Crippen LogP contribution < -0.4 is 21.1 Å². The molecule has 1 aliphatic rings. The van der Waals surface area contributed by atoms with Crippen LogP contribution in [0.2, 0.25) is 0 Å². The summed E-state index contributed by atoms with van der Waals surface area (Å²) in [6.45, 7) is 1.98. The van der Waals surface area contributed by atoms with E-state index in [1.165, 1.54) is 0 Å². The van der Waals surface area contributed by atoms with Crippen LogP contribution in [0.4, 0.5) is 11.6 Å². The maximum atomic E-state index is 6.26. The number of ether oxygens (including phenoxy) is 1. The van der Waals surface area contributed by atoms with Crippen LogP contribution in [0.5, 0.6) is 11.6 Å². The molecule has 4 aromatic rings. The van der Waals surface area contributed by atoms with Gasteiger partial charge in [0.1, 0.15) is 5.75 Å². The van der Waals surface area contributed by atoms with Crippen molar-refractivity contribution in [1.29, 1.82) is 0 Å². The minimum absolute atomic E-state index is 0.328. The van der Waals surface area contributed by atoms with Crippen LogP contribution >= 0.6 is 0 Å². The van der Waals surface area contributed by atoms with Crippen molar-refractivity contribution in [3.63, 3.8) is 0 Å². The minimum atomic E-state index is 0.328. The summed E-state index contributed by atoms with van der Waals surface area (Å²) in [4.78, 5) is 13.6. The predicted octanol–water partition coefficient (Wildman–Crippen LogP) is 4.23. The Labute approximate surface area is 180 Å². The summed E-state index contributed by atoms with van der Waals surface area (Å²) in [7, 11) is 0. The maximum absolute atomic E-state index is 6.26. The van der Waals surface area contributed by atoms with Crippen LogP contribution in [0.25, 0.3) is 22.0 Å². The third-order valence-electron chi connectivity index (χ3n) is 5.46. The first-order chi connectivity index (χ1) is 15.3. The van der Waals surface area contributed by atoms with Crippen LogP contribution in [-0.4, -0.2) is 34.1 Å². The molecule has 0 amide bonds. The number of hydrogen-bond acceptors (Lipinski definition) is 7. The summed E-state index contributed by atoms with van der Waals surface area (Å²) in [6.07, 6.45) is 5.72. The molecule has 7 nitrogen and oxygen atoms in total. The first-order valence-electron chi connectivity index (χ1n) is 10.5. The fourth-order valence-electron chi connectivity index (χ4n) is 3.89. The van der Waals surface area contributed by atoms with Crippen molar-refractivity contribution in [1.82, 2.24) is 20.3 Å². The maximum Gasteiger partial charge on any atom is 0.228 e. The predicted molar refractivity (Wildman–Crippen MR) is 123 cm³/mol. The smallest absolute Gasteiger partial charge is 0.228 e. The molecule has 0 aliphatic carbocycles. The molecule has 1 atom stereocenters. The van der Waals surface area contributed by atoms with Gasteiger partial charge in [0.25, 0.3) is 0 Å². The molecule has 2 aromatic heterocycles. The summed E-state index contributed by atoms with van der Waals surface area (Å²) >= 11 is 0. The third kappa shape index (κ3) is 4.13. The molecule has 1 aliphatic heterocycles. The Morgan fingerprint density at radius 1 is 0.968 bits per heavy atom. The van der Waals surface area contributed by atoms with Crippen LogP contribution in [0, 0.1) is 0 Å². The Morgan fingerprint density at radius 2 is 1.87 bits per heavy atom. The number of piperidine rings is 1. The number of nitrogens with two attached hydrogens (primary N) is 1. The summed E-state index contributed by atoms with van der Waals surface area (Å²) in [5.41, 5.74) is 8.40. The van der Waals surface area contributed by atoms with E-state index in [9.17, 15) is 0 Å². The highest BCUT2D eigenvalue weighted by molar-refractivity contribution is 5.97. The number of nitrogen functional groups attached to an aromatic ring is 1. The number of rotatable bonds is 5. The fourth-order valence-corrected chi connectivity index (χ4v) is 3.89. The Bertz CT molecular complexity index is 1210. The highest BCUT2D eigenvalue weighted by Gasteiger charge is 2.16. The van der Waals surface area contributed by atoms with Crippen LogP contribution in [0.15, 0.2) is 67.0 Å². The second kappa shape index (κ2) is 8.57. The number of pyridine rings is 1. The normalized spacial score (nSPS) is 16.2. The van der Waals surface area contributed by atoms with E-state index in [1.807, 2.05) is 54.6 Å². The Morgan fingerprint density at radius 3 is 2.74 bits per heavy atom. The van der Waals surface area contributed by atoms with Gasteiger partial charge in [-0.2, -0.15) is 0 Å². The summed E-state index contributed by atoms with van der Waals surface area (Å²) < 4.78 is 6.26. The van der Waals surface area contributed by atoms with Gasteiger partial charge >= 0.3 is 0 Å². The molecule has 156 valence electrons. The average molecular weight is 412 g/mol. The lowest BCUT2D eigenvalue weighted by atomic mass is 10.1. The molecule has 7 heteroatoms. The van der Waals surface area contributed by atoms with E-state index in [4.69, 9.17) is 15.5 Å². The molecule has 0 saturated carbocycles. The summed E-state index contributed by atoms with van der Waals surface area (Å²) in [5, 5.41) is 8.72. The molecule has 31 heavy (non-hydrogen) atoms. The topological polar surface area (TPSA) is 98.0 Å². The molecule has 1 fully saturated rings. The van der Waals surface area contributed by atoms with Gasteiger partial charge < -0.3 is 21.1 Å². The quantitative estimate of drug-likeness (QED) is 0.422. The van der Waals surface area contributed by atoms with E-state index in [0.717, 1.165) is 48.0 Å². The van der Waals surface area contributed by atoms with Gasteiger partial charge in [-0.15, -0.1) is 0 Å². The number of hydrogen-bond donors (Lipinski definition) is 3. The minimum Gasteiger partial charge on any atom is -0.438 e. The second-order valence-corrected chi connectivity index (χ2v) is 7.61. The Kier molecular flexibility index (Phi) is 5.33. The van der Waals surface area contributed by atoms with Gasteiger partial charge in [-0.3, -0.25) is 0 Å². The van der Waals surface area contributed by atoms with E-state index < -0.39 is 0 Å². The van der Waals surface area contributed by atoms with Crippen LogP contribution in [0.3, 0.4) is 0 Å². The molecule has 5 rings (SSSR count). The lowest BCUT2D eigenvalue weighted by molar-refractivity contribution is 0.470. The molecule has 0 radical (unpaired) electrons. The Hall–Kier alpha value is -3.71.